The second-order valence-electron chi connectivity index (χ2n) is 8.44. The Morgan fingerprint density at radius 1 is 1.25 bits per heavy atom. The minimum atomic E-state index is -0.152. The van der Waals surface area contributed by atoms with Crippen LogP contribution in [-0.4, -0.2) is 28.4 Å². The molecule has 1 amide bonds. The van der Waals surface area contributed by atoms with Crippen LogP contribution in [0.3, 0.4) is 0 Å². The van der Waals surface area contributed by atoms with E-state index in [0.29, 0.717) is 11.7 Å². The summed E-state index contributed by atoms with van der Waals surface area (Å²) in [6, 6.07) is 18.8. The van der Waals surface area contributed by atoms with Crippen molar-refractivity contribution in [2.24, 2.45) is 0 Å². The topological polar surface area (TPSA) is 60.2 Å². The fourth-order valence-corrected chi connectivity index (χ4v) is 5.32. The van der Waals surface area contributed by atoms with Crippen LogP contribution in [0.2, 0.25) is 0 Å². The van der Waals surface area contributed by atoms with Gasteiger partial charge in [0.05, 0.1) is 23.4 Å². The summed E-state index contributed by atoms with van der Waals surface area (Å²) in [6.07, 6.45) is 2.08. The summed E-state index contributed by atoms with van der Waals surface area (Å²) in [5.74, 6) is -0.206. The smallest absolute Gasteiger partial charge is 0.230 e. The Morgan fingerprint density at radius 3 is 2.72 bits per heavy atom. The van der Waals surface area contributed by atoms with Crippen molar-refractivity contribution in [1.82, 2.24) is 9.88 Å². The Balaban J connectivity index is 1.54. The largest absolute Gasteiger partial charge is 0.293 e. The van der Waals surface area contributed by atoms with Crippen molar-refractivity contribution < 1.29 is 4.79 Å². The highest BCUT2D eigenvalue weighted by atomic mass is 32.1. The molecular weight excluding hydrogens is 416 g/mol. The maximum absolute atomic E-state index is 12.5. The molecule has 0 spiro atoms. The van der Waals surface area contributed by atoms with Crippen LogP contribution >= 0.6 is 11.3 Å². The van der Waals surface area contributed by atoms with Crippen LogP contribution in [0, 0.1) is 25.2 Å². The molecule has 5 nitrogen and oxygen atoms in total. The molecule has 2 atom stereocenters. The second kappa shape index (κ2) is 9.64. The first-order chi connectivity index (χ1) is 15.5. The van der Waals surface area contributed by atoms with Crippen LogP contribution in [-0.2, 0) is 11.3 Å². The molecule has 1 aliphatic heterocycles. The number of likely N-dealkylation sites (tertiary alicyclic amines) is 1. The molecule has 32 heavy (non-hydrogen) atoms. The predicted molar refractivity (Wildman–Crippen MR) is 129 cm³/mol. The van der Waals surface area contributed by atoms with Crippen molar-refractivity contribution in [1.29, 1.82) is 5.26 Å². The minimum Gasteiger partial charge on any atom is -0.293 e. The SMILES string of the molecule is CC(=O)N(c1ccc(C)c(C)c1)c1nc(CN2CCC[C@H]2[C@H](C#N)c2ccccc2)cs1. The van der Waals surface area contributed by atoms with Gasteiger partial charge in [0.25, 0.3) is 0 Å². The van der Waals surface area contributed by atoms with Gasteiger partial charge < -0.3 is 0 Å². The predicted octanol–water partition coefficient (Wildman–Crippen LogP) is 5.72. The lowest BCUT2D eigenvalue weighted by atomic mass is 9.91. The van der Waals surface area contributed by atoms with Gasteiger partial charge in [0, 0.05) is 24.9 Å². The first-order valence-corrected chi connectivity index (χ1v) is 11.9. The summed E-state index contributed by atoms with van der Waals surface area (Å²) in [5, 5.41) is 12.6. The highest BCUT2D eigenvalue weighted by Gasteiger charge is 2.33. The van der Waals surface area contributed by atoms with E-state index in [-0.39, 0.29) is 17.9 Å². The van der Waals surface area contributed by atoms with Crippen molar-refractivity contribution in [3.63, 3.8) is 0 Å². The molecule has 4 rings (SSSR count). The lowest BCUT2D eigenvalue weighted by molar-refractivity contribution is -0.115. The Bertz CT molecular complexity index is 1130. The molecule has 0 aliphatic carbocycles. The third kappa shape index (κ3) is 4.59. The number of hydrogen-bond acceptors (Lipinski definition) is 5. The lowest BCUT2D eigenvalue weighted by Crippen LogP contribution is -2.33. The summed E-state index contributed by atoms with van der Waals surface area (Å²) in [4.78, 5) is 21.3. The molecule has 1 saturated heterocycles. The Labute approximate surface area is 193 Å². The number of nitriles is 1. The summed E-state index contributed by atoms with van der Waals surface area (Å²) in [5.41, 5.74) is 5.20. The number of aryl methyl sites for hydroxylation is 2. The number of rotatable bonds is 6. The molecule has 1 aromatic heterocycles. The van der Waals surface area contributed by atoms with Crippen LogP contribution < -0.4 is 4.90 Å². The molecule has 1 fully saturated rings. The van der Waals surface area contributed by atoms with Crippen molar-refractivity contribution in [2.45, 2.75) is 52.1 Å². The van der Waals surface area contributed by atoms with E-state index < -0.39 is 0 Å². The molecule has 0 unspecified atom stereocenters. The fraction of sp³-hybridized carbons (Fsp3) is 0.346. The zero-order valence-electron chi connectivity index (χ0n) is 18.8. The number of hydrogen-bond donors (Lipinski definition) is 0. The van der Waals surface area contributed by atoms with E-state index >= 15 is 0 Å². The van der Waals surface area contributed by atoms with E-state index in [0.717, 1.165) is 41.9 Å². The normalized spacial score (nSPS) is 17.1. The molecule has 0 saturated carbocycles. The van der Waals surface area contributed by atoms with Crippen molar-refractivity contribution in [2.75, 3.05) is 11.4 Å². The van der Waals surface area contributed by atoms with Gasteiger partial charge in [-0.3, -0.25) is 14.6 Å². The van der Waals surface area contributed by atoms with E-state index in [1.54, 1.807) is 11.8 Å². The van der Waals surface area contributed by atoms with Gasteiger partial charge in [-0.15, -0.1) is 11.3 Å². The van der Waals surface area contributed by atoms with Crippen LogP contribution in [0.5, 0.6) is 0 Å². The quantitative estimate of drug-likeness (QED) is 0.488. The van der Waals surface area contributed by atoms with Crippen LogP contribution in [0.25, 0.3) is 0 Å². The van der Waals surface area contributed by atoms with Gasteiger partial charge in [-0.05, 0) is 62.1 Å². The number of aromatic nitrogens is 1. The van der Waals surface area contributed by atoms with Crippen LogP contribution in [0.4, 0.5) is 10.8 Å². The van der Waals surface area contributed by atoms with E-state index in [4.69, 9.17) is 4.98 Å². The van der Waals surface area contributed by atoms with Crippen LogP contribution in [0.15, 0.2) is 53.9 Å². The van der Waals surface area contributed by atoms with Gasteiger partial charge in [-0.1, -0.05) is 36.4 Å². The summed E-state index contributed by atoms with van der Waals surface area (Å²) >= 11 is 1.49. The molecule has 3 aromatic rings. The van der Waals surface area contributed by atoms with Gasteiger partial charge in [-0.25, -0.2) is 4.98 Å². The average Bonchev–Trinajstić information content (AvgIpc) is 3.42. The second-order valence-corrected chi connectivity index (χ2v) is 9.28. The highest BCUT2D eigenvalue weighted by molar-refractivity contribution is 7.14. The molecule has 2 aromatic carbocycles. The average molecular weight is 445 g/mol. The maximum Gasteiger partial charge on any atom is 0.230 e. The lowest BCUT2D eigenvalue weighted by Gasteiger charge is -2.27. The number of carbonyl (C=O) groups is 1. The van der Waals surface area contributed by atoms with Crippen molar-refractivity contribution >= 4 is 28.1 Å². The van der Waals surface area contributed by atoms with Crippen molar-refractivity contribution in [3.05, 3.63) is 76.3 Å². The molecule has 6 heteroatoms. The van der Waals surface area contributed by atoms with E-state index in [1.165, 1.54) is 16.9 Å². The number of benzene rings is 2. The summed E-state index contributed by atoms with van der Waals surface area (Å²) in [6.45, 7) is 7.33. The summed E-state index contributed by atoms with van der Waals surface area (Å²) in [7, 11) is 0. The molecule has 164 valence electrons. The maximum atomic E-state index is 12.5. The van der Waals surface area contributed by atoms with Crippen molar-refractivity contribution in [3.8, 4) is 6.07 Å². The number of carbonyl (C=O) groups excluding carboxylic acids is 1. The third-order valence-corrected chi connectivity index (χ3v) is 7.13. The van der Waals surface area contributed by atoms with E-state index in [9.17, 15) is 10.1 Å². The van der Waals surface area contributed by atoms with Gasteiger partial charge in [0.1, 0.15) is 0 Å². The number of nitrogens with zero attached hydrogens (tertiary/aromatic N) is 4. The number of anilines is 2. The molecule has 2 heterocycles. The molecule has 0 radical (unpaired) electrons. The number of amides is 1. The zero-order valence-corrected chi connectivity index (χ0v) is 19.6. The Kier molecular flexibility index (Phi) is 6.69. The standard InChI is InChI=1S/C26H28N4OS/c1-18-11-12-23(14-19(18)2)30(20(3)31)26-28-22(17-32-26)16-29-13-7-10-25(29)24(15-27)21-8-5-4-6-9-21/h4-6,8-9,11-12,14,17,24-25H,7,10,13,16H2,1-3H3/t24-,25+/m1/s1. The van der Waals surface area contributed by atoms with Gasteiger partial charge in [-0.2, -0.15) is 5.26 Å². The summed E-state index contributed by atoms with van der Waals surface area (Å²) < 4.78 is 0. The molecule has 0 bridgehead atoms. The molecule has 0 N–H and O–H groups in total. The highest BCUT2D eigenvalue weighted by Crippen LogP contribution is 2.34. The van der Waals surface area contributed by atoms with Crippen LogP contribution in [0.1, 0.15) is 48.1 Å². The van der Waals surface area contributed by atoms with Gasteiger partial charge in [0.2, 0.25) is 5.91 Å². The fourth-order valence-electron chi connectivity index (χ4n) is 4.44. The van der Waals surface area contributed by atoms with Gasteiger partial charge >= 0.3 is 0 Å². The van der Waals surface area contributed by atoms with E-state index in [1.807, 2.05) is 53.9 Å². The number of thiazole rings is 1. The Hall–Kier alpha value is -3.01. The monoisotopic (exact) mass is 444 g/mol. The zero-order chi connectivity index (χ0) is 22.7. The first-order valence-electron chi connectivity index (χ1n) is 11.0. The first kappa shape index (κ1) is 22.2. The minimum absolute atomic E-state index is 0.0539. The van der Waals surface area contributed by atoms with E-state index in [2.05, 4.69) is 24.8 Å². The van der Waals surface area contributed by atoms with Gasteiger partial charge in [0.15, 0.2) is 5.13 Å². The molecular formula is C26H28N4OS. The third-order valence-electron chi connectivity index (χ3n) is 6.26. The Morgan fingerprint density at radius 2 is 2.03 bits per heavy atom. The molecule has 1 aliphatic rings.